The van der Waals surface area contributed by atoms with Crippen LogP contribution < -0.4 is 4.74 Å². The number of para-hydroxylation sites is 1. The van der Waals surface area contributed by atoms with Gasteiger partial charge in [0.05, 0.1) is 23.4 Å². The third-order valence-corrected chi connectivity index (χ3v) is 6.23. The van der Waals surface area contributed by atoms with Gasteiger partial charge in [-0.15, -0.1) is 15.0 Å². The summed E-state index contributed by atoms with van der Waals surface area (Å²) in [4.78, 5) is 35.2. The summed E-state index contributed by atoms with van der Waals surface area (Å²) in [6, 6.07) is 8.84. The molecule has 0 radical (unpaired) electrons. The van der Waals surface area contributed by atoms with Crippen molar-refractivity contribution in [1.29, 1.82) is 0 Å². The van der Waals surface area contributed by atoms with E-state index in [1.165, 1.54) is 9.70 Å². The molecule has 3 aromatic rings. The van der Waals surface area contributed by atoms with E-state index in [4.69, 9.17) is 9.47 Å². The lowest BCUT2D eigenvalue weighted by Crippen LogP contribution is -2.49. The number of carbonyl (C=O) groups excluding carboxylic acids is 2. The standard InChI is InChI=1S/C27H35N7O4/c1-17(2)33-15-18(3)22(16-32(7)26(36)38-27(4,5)6)37-23-20(9-8-10-21(23)25(33)35)24-29-31-34(30-24)19-11-13-28-14-12-19/h8-14,17-18,22H,15-16H2,1-7H3/t18-,22+/m0/s1. The lowest BCUT2D eigenvalue weighted by atomic mass is 9.98. The number of likely N-dealkylation sites (N-methyl/N-ethyl adjacent to an activating group) is 1. The molecule has 1 aliphatic rings. The van der Waals surface area contributed by atoms with Crippen molar-refractivity contribution in [3.05, 3.63) is 48.3 Å². The van der Waals surface area contributed by atoms with Crippen molar-refractivity contribution in [2.75, 3.05) is 20.1 Å². The zero-order valence-corrected chi connectivity index (χ0v) is 23.0. The van der Waals surface area contributed by atoms with E-state index in [0.717, 1.165) is 0 Å². The molecule has 0 unspecified atom stereocenters. The van der Waals surface area contributed by atoms with Crippen LogP contribution in [0.5, 0.6) is 5.75 Å². The molecule has 202 valence electrons. The van der Waals surface area contributed by atoms with Gasteiger partial charge in [0.2, 0.25) is 5.82 Å². The minimum Gasteiger partial charge on any atom is -0.487 e. The van der Waals surface area contributed by atoms with Crippen LogP contribution in [-0.2, 0) is 4.74 Å². The Morgan fingerprint density at radius 3 is 2.53 bits per heavy atom. The van der Waals surface area contributed by atoms with Crippen LogP contribution in [-0.4, -0.2) is 84.9 Å². The van der Waals surface area contributed by atoms with E-state index in [0.29, 0.717) is 34.9 Å². The molecular weight excluding hydrogens is 486 g/mol. The number of rotatable bonds is 5. The normalized spacial score (nSPS) is 17.9. The average molecular weight is 522 g/mol. The topological polar surface area (TPSA) is 116 Å². The maximum absolute atomic E-state index is 13.7. The number of tetrazole rings is 1. The summed E-state index contributed by atoms with van der Waals surface area (Å²) in [6.07, 6.45) is 2.41. The number of hydrogen-bond acceptors (Lipinski definition) is 8. The van der Waals surface area contributed by atoms with Crippen LogP contribution in [0.25, 0.3) is 17.1 Å². The first-order valence-electron chi connectivity index (χ1n) is 12.7. The highest BCUT2D eigenvalue weighted by molar-refractivity contribution is 5.99. The zero-order valence-electron chi connectivity index (χ0n) is 23.0. The molecule has 0 bridgehead atoms. The number of pyridine rings is 1. The molecule has 1 aromatic carbocycles. The fourth-order valence-electron chi connectivity index (χ4n) is 4.20. The molecule has 11 heteroatoms. The van der Waals surface area contributed by atoms with Gasteiger partial charge in [0.1, 0.15) is 17.5 Å². The van der Waals surface area contributed by atoms with Crippen molar-refractivity contribution in [2.24, 2.45) is 5.92 Å². The van der Waals surface area contributed by atoms with E-state index in [2.05, 4.69) is 20.4 Å². The lowest BCUT2D eigenvalue weighted by Gasteiger charge is -2.38. The SMILES string of the molecule is CC(C)N1C[C@H](C)[C@@H](CN(C)C(=O)OC(C)(C)C)Oc2c(cccc2-c2nnn(-c3ccncc3)n2)C1=O. The third-order valence-electron chi connectivity index (χ3n) is 6.23. The van der Waals surface area contributed by atoms with E-state index in [1.807, 2.05) is 46.4 Å². The highest BCUT2D eigenvalue weighted by atomic mass is 16.6. The summed E-state index contributed by atoms with van der Waals surface area (Å²) in [7, 11) is 1.68. The second kappa shape index (κ2) is 10.8. The van der Waals surface area contributed by atoms with Crippen LogP contribution >= 0.6 is 0 Å². The van der Waals surface area contributed by atoms with E-state index < -0.39 is 17.8 Å². The Morgan fingerprint density at radius 2 is 1.87 bits per heavy atom. The first-order valence-corrected chi connectivity index (χ1v) is 12.7. The molecule has 2 aromatic heterocycles. The number of hydrogen-bond donors (Lipinski definition) is 0. The monoisotopic (exact) mass is 521 g/mol. The maximum atomic E-state index is 13.7. The van der Waals surface area contributed by atoms with Gasteiger partial charge in [0.15, 0.2) is 0 Å². The molecule has 0 fully saturated rings. The van der Waals surface area contributed by atoms with Crippen molar-refractivity contribution in [3.63, 3.8) is 0 Å². The molecule has 0 aliphatic carbocycles. The minimum atomic E-state index is -0.619. The molecule has 2 amide bonds. The number of fused-ring (bicyclic) bond motifs is 1. The van der Waals surface area contributed by atoms with E-state index in [9.17, 15) is 9.59 Å². The summed E-state index contributed by atoms with van der Waals surface area (Å²) in [6.45, 7) is 12.2. The number of amides is 2. The Hall–Kier alpha value is -4.02. The van der Waals surface area contributed by atoms with Crippen LogP contribution in [0.3, 0.4) is 0 Å². The van der Waals surface area contributed by atoms with Crippen LogP contribution in [0.2, 0.25) is 0 Å². The summed E-state index contributed by atoms with van der Waals surface area (Å²) in [5.74, 6) is 0.457. The van der Waals surface area contributed by atoms with Crippen molar-refractivity contribution < 1.29 is 19.1 Å². The molecular formula is C27H35N7O4. The maximum Gasteiger partial charge on any atom is 0.410 e. The number of ether oxygens (including phenoxy) is 2. The first kappa shape index (κ1) is 27.0. The molecule has 0 saturated carbocycles. The number of benzene rings is 1. The van der Waals surface area contributed by atoms with E-state index in [1.54, 1.807) is 49.8 Å². The number of carbonyl (C=O) groups is 2. The molecule has 0 spiro atoms. The van der Waals surface area contributed by atoms with Gasteiger partial charge >= 0.3 is 6.09 Å². The van der Waals surface area contributed by atoms with Crippen LogP contribution in [0, 0.1) is 5.92 Å². The molecule has 3 heterocycles. The molecule has 11 nitrogen and oxygen atoms in total. The second-order valence-corrected chi connectivity index (χ2v) is 10.8. The second-order valence-electron chi connectivity index (χ2n) is 10.8. The lowest BCUT2D eigenvalue weighted by molar-refractivity contribution is 0.0131. The van der Waals surface area contributed by atoms with Crippen LogP contribution in [0.15, 0.2) is 42.7 Å². The highest BCUT2D eigenvalue weighted by Gasteiger charge is 2.35. The Kier molecular flexibility index (Phi) is 7.66. The Morgan fingerprint density at radius 1 is 1.18 bits per heavy atom. The molecule has 0 saturated heterocycles. The van der Waals surface area contributed by atoms with Crippen molar-refractivity contribution in [3.8, 4) is 22.8 Å². The molecule has 0 N–H and O–H groups in total. The van der Waals surface area contributed by atoms with Crippen LogP contribution in [0.1, 0.15) is 51.9 Å². The molecule has 38 heavy (non-hydrogen) atoms. The zero-order chi connectivity index (χ0) is 27.6. The van der Waals surface area contributed by atoms with E-state index in [-0.39, 0.29) is 24.4 Å². The molecule has 4 rings (SSSR count). The number of nitrogens with zero attached hydrogens (tertiary/aromatic N) is 7. The Balaban J connectivity index is 1.74. The summed E-state index contributed by atoms with van der Waals surface area (Å²) in [5, 5.41) is 13.0. The predicted octanol–water partition coefficient (Wildman–Crippen LogP) is 3.84. The van der Waals surface area contributed by atoms with Gasteiger partial charge in [-0.3, -0.25) is 9.78 Å². The van der Waals surface area contributed by atoms with Gasteiger partial charge < -0.3 is 19.3 Å². The van der Waals surface area contributed by atoms with Crippen molar-refractivity contribution in [1.82, 2.24) is 35.0 Å². The van der Waals surface area contributed by atoms with Crippen LogP contribution in [0.4, 0.5) is 4.79 Å². The first-order chi connectivity index (χ1) is 17.9. The highest BCUT2D eigenvalue weighted by Crippen LogP contribution is 2.36. The van der Waals surface area contributed by atoms with E-state index >= 15 is 0 Å². The summed E-state index contributed by atoms with van der Waals surface area (Å²) < 4.78 is 12.1. The van der Waals surface area contributed by atoms with Gasteiger partial charge in [-0.2, -0.15) is 0 Å². The summed E-state index contributed by atoms with van der Waals surface area (Å²) >= 11 is 0. The van der Waals surface area contributed by atoms with Gasteiger partial charge in [0.25, 0.3) is 5.91 Å². The Labute approximate surface area is 222 Å². The number of aromatic nitrogens is 5. The molecule has 1 aliphatic heterocycles. The smallest absolute Gasteiger partial charge is 0.410 e. The fraction of sp³-hybridized carbons (Fsp3) is 0.481. The molecule has 2 atom stereocenters. The van der Waals surface area contributed by atoms with Crippen molar-refractivity contribution in [2.45, 2.75) is 59.3 Å². The van der Waals surface area contributed by atoms with Gasteiger partial charge in [-0.25, -0.2) is 4.79 Å². The largest absolute Gasteiger partial charge is 0.487 e. The van der Waals surface area contributed by atoms with Gasteiger partial charge in [0, 0.05) is 37.9 Å². The predicted molar refractivity (Wildman–Crippen MR) is 141 cm³/mol. The summed E-state index contributed by atoms with van der Waals surface area (Å²) in [5.41, 5.74) is 1.03. The Bertz CT molecular complexity index is 1290. The average Bonchev–Trinajstić information content (AvgIpc) is 3.35. The third kappa shape index (κ3) is 5.92. The quantitative estimate of drug-likeness (QED) is 0.497. The van der Waals surface area contributed by atoms with Gasteiger partial charge in [-0.05, 0) is 64.1 Å². The minimum absolute atomic E-state index is 0.0329. The van der Waals surface area contributed by atoms with Gasteiger partial charge in [-0.1, -0.05) is 13.0 Å². The van der Waals surface area contributed by atoms with Crippen molar-refractivity contribution >= 4 is 12.0 Å². The fourth-order valence-corrected chi connectivity index (χ4v) is 4.20.